The molecule has 1 aliphatic heterocycles. The van der Waals surface area contributed by atoms with Gasteiger partial charge in [-0.2, -0.15) is 0 Å². The van der Waals surface area contributed by atoms with Gasteiger partial charge in [-0.1, -0.05) is 36.5 Å². The Labute approximate surface area is 178 Å². The Bertz CT molecular complexity index is 1400. The molecule has 3 heterocycles. The summed E-state index contributed by atoms with van der Waals surface area (Å²) in [5, 5.41) is 9.17. The molecule has 4 aromatic rings. The lowest BCUT2D eigenvalue weighted by atomic mass is 9.98. The van der Waals surface area contributed by atoms with Crippen LogP contribution in [-0.4, -0.2) is 16.1 Å². The van der Waals surface area contributed by atoms with Gasteiger partial charge in [0.1, 0.15) is 28.3 Å². The molecule has 0 saturated carbocycles. The number of aryl methyl sites for hydroxylation is 1. The summed E-state index contributed by atoms with van der Waals surface area (Å²) in [6.07, 6.45) is 1.52. The van der Waals surface area contributed by atoms with E-state index in [0.717, 1.165) is 23.6 Å². The van der Waals surface area contributed by atoms with Gasteiger partial charge in [0.25, 0.3) is 5.91 Å². The van der Waals surface area contributed by atoms with Gasteiger partial charge in [-0.15, -0.1) is 10.2 Å². The van der Waals surface area contributed by atoms with Crippen LogP contribution in [0, 0.1) is 11.6 Å². The summed E-state index contributed by atoms with van der Waals surface area (Å²) in [7, 11) is 0. The van der Waals surface area contributed by atoms with E-state index in [4.69, 9.17) is 4.42 Å². The predicted molar refractivity (Wildman–Crippen MR) is 111 cm³/mol. The van der Waals surface area contributed by atoms with E-state index in [0.29, 0.717) is 6.42 Å². The van der Waals surface area contributed by atoms with Gasteiger partial charge in [0.2, 0.25) is 10.9 Å². The lowest BCUT2D eigenvalue weighted by molar-refractivity contribution is 0.0970. The molecule has 0 unspecified atom stereocenters. The fourth-order valence-electron chi connectivity index (χ4n) is 3.79. The molecule has 156 valence electrons. The lowest BCUT2D eigenvalue weighted by Gasteiger charge is -2.22. The zero-order valence-electron chi connectivity index (χ0n) is 16.3. The number of hydrogen-bond donors (Lipinski definition) is 0. The molecule has 0 radical (unpaired) electrons. The Morgan fingerprint density at radius 3 is 2.71 bits per heavy atom. The zero-order chi connectivity index (χ0) is 21.7. The number of aromatic nitrogens is 2. The Hall–Kier alpha value is -3.46. The maximum absolute atomic E-state index is 14.8. The van der Waals surface area contributed by atoms with Crippen LogP contribution in [0.5, 0.6) is 0 Å². The van der Waals surface area contributed by atoms with Gasteiger partial charge >= 0.3 is 0 Å². The van der Waals surface area contributed by atoms with E-state index in [1.807, 2.05) is 6.92 Å². The number of hydrogen-bond acceptors (Lipinski definition) is 6. The average Bonchev–Trinajstić information content (AvgIpc) is 3.32. The van der Waals surface area contributed by atoms with Crippen molar-refractivity contribution in [3.8, 4) is 0 Å². The Kier molecular flexibility index (Phi) is 4.62. The van der Waals surface area contributed by atoms with Crippen molar-refractivity contribution in [2.45, 2.75) is 25.8 Å². The van der Waals surface area contributed by atoms with Crippen LogP contribution in [0.4, 0.5) is 13.9 Å². The molecular weight excluding hydrogens is 424 g/mol. The summed E-state index contributed by atoms with van der Waals surface area (Å²) in [5.74, 6) is -2.03. The monoisotopic (exact) mass is 439 g/mol. The van der Waals surface area contributed by atoms with E-state index in [1.165, 1.54) is 40.5 Å². The number of benzene rings is 2. The van der Waals surface area contributed by atoms with Crippen LogP contribution in [0.15, 0.2) is 51.7 Å². The number of carbonyl (C=O) groups excluding carboxylic acids is 1. The molecule has 6 nitrogen and oxygen atoms in total. The molecule has 0 aliphatic carbocycles. The third kappa shape index (κ3) is 3.04. The fraction of sp³-hybridized carbons (Fsp3) is 0.182. The molecule has 31 heavy (non-hydrogen) atoms. The third-order valence-corrected chi connectivity index (χ3v) is 6.14. The van der Waals surface area contributed by atoms with Crippen LogP contribution < -0.4 is 10.3 Å². The van der Waals surface area contributed by atoms with Crippen LogP contribution in [0.2, 0.25) is 0 Å². The second-order valence-corrected chi connectivity index (χ2v) is 8.18. The van der Waals surface area contributed by atoms with Gasteiger partial charge in [0, 0.05) is 12.0 Å². The average molecular weight is 439 g/mol. The maximum Gasteiger partial charge on any atom is 0.297 e. The summed E-state index contributed by atoms with van der Waals surface area (Å²) >= 11 is 1.20. The van der Waals surface area contributed by atoms with Crippen molar-refractivity contribution in [1.82, 2.24) is 10.2 Å². The van der Waals surface area contributed by atoms with Crippen molar-refractivity contribution in [2.24, 2.45) is 0 Å². The summed E-state index contributed by atoms with van der Waals surface area (Å²) in [4.78, 5) is 27.9. The van der Waals surface area contributed by atoms with Crippen LogP contribution in [0.25, 0.3) is 11.0 Å². The van der Waals surface area contributed by atoms with Crippen molar-refractivity contribution in [1.29, 1.82) is 0 Å². The molecule has 0 fully saturated rings. The van der Waals surface area contributed by atoms with E-state index < -0.39 is 29.0 Å². The smallest absolute Gasteiger partial charge is 0.297 e. The molecule has 2 aromatic carbocycles. The van der Waals surface area contributed by atoms with Gasteiger partial charge in [-0.25, -0.2) is 8.78 Å². The van der Waals surface area contributed by atoms with Crippen LogP contribution in [0.3, 0.4) is 0 Å². The van der Waals surface area contributed by atoms with Crippen molar-refractivity contribution in [3.05, 3.63) is 86.2 Å². The predicted octanol–water partition coefficient (Wildman–Crippen LogP) is 4.63. The first-order chi connectivity index (χ1) is 15.0. The molecule has 0 spiro atoms. The third-order valence-electron chi connectivity index (χ3n) is 5.16. The lowest BCUT2D eigenvalue weighted by Crippen LogP contribution is -2.30. The van der Waals surface area contributed by atoms with Gasteiger partial charge < -0.3 is 4.42 Å². The van der Waals surface area contributed by atoms with Crippen molar-refractivity contribution < 1.29 is 18.0 Å². The highest BCUT2D eigenvalue weighted by Crippen LogP contribution is 2.42. The normalized spacial score (nSPS) is 15.6. The molecule has 0 N–H and O–H groups in total. The first-order valence-corrected chi connectivity index (χ1v) is 10.5. The van der Waals surface area contributed by atoms with Crippen molar-refractivity contribution in [2.75, 3.05) is 4.90 Å². The Morgan fingerprint density at radius 1 is 1.13 bits per heavy atom. The molecule has 0 saturated heterocycles. The number of halogens is 2. The molecule has 2 aromatic heterocycles. The number of fused-ring (bicyclic) bond motifs is 2. The Balaban J connectivity index is 1.79. The molecule has 1 amide bonds. The maximum atomic E-state index is 14.8. The minimum Gasteiger partial charge on any atom is -0.450 e. The van der Waals surface area contributed by atoms with E-state index in [9.17, 15) is 18.4 Å². The quantitative estimate of drug-likeness (QED) is 0.464. The highest BCUT2D eigenvalue weighted by molar-refractivity contribution is 7.15. The largest absolute Gasteiger partial charge is 0.450 e. The first-order valence-electron chi connectivity index (χ1n) is 9.66. The van der Waals surface area contributed by atoms with Gasteiger partial charge in [-0.3, -0.25) is 14.5 Å². The molecule has 5 rings (SSSR count). The SMILES string of the molecule is CCCc1nnc(N2C(=O)c3oc4ccc(F)cc4c(=O)c3[C@@H]2c2ccccc2F)s1. The second-order valence-electron chi connectivity index (χ2n) is 7.14. The van der Waals surface area contributed by atoms with Crippen LogP contribution in [0.1, 0.15) is 46.1 Å². The summed E-state index contributed by atoms with van der Waals surface area (Å²) in [6, 6.07) is 8.27. The summed E-state index contributed by atoms with van der Waals surface area (Å²) in [5.41, 5.74) is -0.431. The summed E-state index contributed by atoms with van der Waals surface area (Å²) in [6.45, 7) is 1.99. The van der Waals surface area contributed by atoms with E-state index in [1.54, 1.807) is 6.07 Å². The standard InChI is InChI=1S/C22H15F2N3O3S/c1-2-5-16-25-26-22(31-16)27-18(12-6-3-4-7-14(12)24)17-19(28)13-10-11(23)8-9-15(13)30-20(17)21(27)29/h3-4,6-10,18H,2,5H2,1H3/t18-/m0/s1. The number of nitrogens with zero attached hydrogens (tertiary/aromatic N) is 3. The van der Waals surface area contributed by atoms with Crippen molar-refractivity contribution >= 4 is 33.3 Å². The molecule has 9 heteroatoms. The number of rotatable bonds is 4. The minimum absolute atomic E-state index is 0.0151. The zero-order valence-corrected chi connectivity index (χ0v) is 17.1. The van der Waals surface area contributed by atoms with Gasteiger partial charge in [-0.05, 0) is 30.7 Å². The fourth-order valence-corrected chi connectivity index (χ4v) is 4.76. The van der Waals surface area contributed by atoms with E-state index >= 15 is 0 Å². The van der Waals surface area contributed by atoms with E-state index in [2.05, 4.69) is 10.2 Å². The highest BCUT2D eigenvalue weighted by Gasteiger charge is 2.46. The number of amides is 1. The molecule has 0 bridgehead atoms. The Morgan fingerprint density at radius 2 is 1.94 bits per heavy atom. The molecular formula is C22H15F2N3O3S. The minimum atomic E-state index is -1.10. The summed E-state index contributed by atoms with van der Waals surface area (Å²) < 4.78 is 34.4. The number of anilines is 1. The van der Waals surface area contributed by atoms with E-state index in [-0.39, 0.29) is 33.0 Å². The number of carbonyl (C=O) groups is 1. The van der Waals surface area contributed by atoms with Crippen molar-refractivity contribution in [3.63, 3.8) is 0 Å². The topological polar surface area (TPSA) is 76.3 Å². The second kappa shape index (κ2) is 7.35. The van der Waals surface area contributed by atoms with Gasteiger partial charge in [0.15, 0.2) is 5.43 Å². The van der Waals surface area contributed by atoms with Crippen LogP contribution >= 0.6 is 11.3 Å². The molecule has 1 atom stereocenters. The highest BCUT2D eigenvalue weighted by atomic mass is 32.1. The first kappa shape index (κ1) is 19.5. The van der Waals surface area contributed by atoms with Crippen LogP contribution in [-0.2, 0) is 6.42 Å². The molecule has 1 aliphatic rings. The van der Waals surface area contributed by atoms with Gasteiger partial charge in [0.05, 0.1) is 10.9 Å².